The van der Waals surface area contributed by atoms with Gasteiger partial charge in [-0.2, -0.15) is 13.2 Å². The van der Waals surface area contributed by atoms with Crippen LogP contribution in [-0.4, -0.2) is 51.0 Å². The van der Waals surface area contributed by atoms with E-state index in [9.17, 15) is 31.5 Å². The fraction of sp³-hybridized carbons (Fsp3) is 0.500. The molecular weight excluding hydrogens is 401 g/mol. The fourth-order valence-electron chi connectivity index (χ4n) is 1.75. The third-order valence-electron chi connectivity index (χ3n) is 3.27. The Bertz CT molecular complexity index is 768. The van der Waals surface area contributed by atoms with E-state index in [0.717, 1.165) is 18.2 Å². The molecule has 26 heavy (non-hydrogen) atoms. The molecule has 148 valence electrons. The Hall–Kier alpha value is -1.40. The topological polar surface area (TPSA) is 105 Å². The summed E-state index contributed by atoms with van der Waals surface area (Å²) in [5.41, 5.74) is -3.93. The van der Waals surface area contributed by atoms with Crippen LogP contribution in [0.3, 0.4) is 0 Å². The summed E-state index contributed by atoms with van der Waals surface area (Å²) >= 11 is 5.85. The molecule has 3 N–H and O–H groups in total. The maximum atomic E-state index is 12.7. The molecule has 0 radical (unpaired) electrons. The molecule has 2 atom stereocenters. The number of benzene rings is 1. The number of methoxy groups -OCH3 is 1. The van der Waals surface area contributed by atoms with Crippen LogP contribution in [0.15, 0.2) is 23.1 Å². The predicted molar refractivity (Wildman–Crippen MR) is 88.4 cm³/mol. The Kier molecular flexibility index (Phi) is 7.04. The van der Waals surface area contributed by atoms with Crippen molar-refractivity contribution in [2.75, 3.05) is 19.0 Å². The average Bonchev–Trinajstić information content (AvgIpc) is 2.47. The number of ether oxygens (including phenoxy) is 1. The number of nitrogens with one attached hydrogen (secondary N) is 2. The molecular formula is C14H18ClF3N2O5S. The lowest BCUT2D eigenvalue weighted by molar-refractivity contribution is -0.242. The number of sulfonamides is 1. The lowest BCUT2D eigenvalue weighted by Gasteiger charge is -2.25. The van der Waals surface area contributed by atoms with E-state index in [0.29, 0.717) is 0 Å². The fourth-order valence-corrected chi connectivity index (χ4v) is 3.30. The quantitative estimate of drug-likeness (QED) is 0.627. The first-order valence-electron chi connectivity index (χ1n) is 7.13. The van der Waals surface area contributed by atoms with Crippen LogP contribution < -0.4 is 10.0 Å². The smallest absolute Gasteiger partial charge is 0.383 e. The zero-order valence-corrected chi connectivity index (χ0v) is 15.6. The maximum absolute atomic E-state index is 12.7. The largest absolute Gasteiger partial charge is 0.426 e. The van der Waals surface area contributed by atoms with Gasteiger partial charge in [0, 0.05) is 13.2 Å². The lowest BCUT2D eigenvalue weighted by atomic mass is 10.1. The van der Waals surface area contributed by atoms with Gasteiger partial charge in [-0.15, -0.1) is 0 Å². The minimum atomic E-state index is -5.20. The van der Waals surface area contributed by atoms with Gasteiger partial charge in [0.05, 0.1) is 22.2 Å². The minimum Gasteiger partial charge on any atom is -0.383 e. The van der Waals surface area contributed by atoms with Gasteiger partial charge in [0.2, 0.25) is 15.6 Å². The maximum Gasteiger partial charge on any atom is 0.426 e. The van der Waals surface area contributed by atoms with Gasteiger partial charge in [0.1, 0.15) is 0 Å². The molecule has 0 saturated heterocycles. The number of rotatable bonds is 7. The predicted octanol–water partition coefficient (Wildman–Crippen LogP) is 1.90. The number of anilines is 1. The molecule has 0 heterocycles. The van der Waals surface area contributed by atoms with Crippen LogP contribution in [-0.2, 0) is 19.6 Å². The molecule has 1 aromatic carbocycles. The van der Waals surface area contributed by atoms with Crippen molar-refractivity contribution in [2.45, 2.75) is 36.6 Å². The Morgan fingerprint density at radius 1 is 1.38 bits per heavy atom. The highest BCUT2D eigenvalue weighted by Gasteiger charge is 2.55. The zero-order valence-electron chi connectivity index (χ0n) is 14.0. The third kappa shape index (κ3) is 5.30. The van der Waals surface area contributed by atoms with Gasteiger partial charge in [0.25, 0.3) is 5.91 Å². The molecule has 0 aliphatic carbocycles. The van der Waals surface area contributed by atoms with E-state index in [-0.39, 0.29) is 29.1 Å². The van der Waals surface area contributed by atoms with Crippen molar-refractivity contribution in [2.24, 2.45) is 0 Å². The van der Waals surface area contributed by atoms with Gasteiger partial charge in [0.15, 0.2) is 0 Å². The Morgan fingerprint density at radius 2 is 1.96 bits per heavy atom. The molecule has 7 nitrogen and oxygen atoms in total. The number of alkyl halides is 3. The van der Waals surface area contributed by atoms with Crippen LogP contribution in [0.25, 0.3) is 0 Å². The molecule has 0 aliphatic rings. The van der Waals surface area contributed by atoms with Crippen LogP contribution >= 0.6 is 11.6 Å². The van der Waals surface area contributed by atoms with Crippen molar-refractivity contribution in [3.05, 3.63) is 23.2 Å². The van der Waals surface area contributed by atoms with Crippen molar-refractivity contribution >= 4 is 33.2 Å². The van der Waals surface area contributed by atoms with E-state index >= 15 is 0 Å². The second kappa shape index (κ2) is 8.09. The lowest BCUT2D eigenvalue weighted by Crippen LogP contribution is -2.52. The van der Waals surface area contributed by atoms with Crippen molar-refractivity contribution in [1.29, 1.82) is 0 Å². The molecule has 0 saturated carbocycles. The normalized spacial score (nSPS) is 16.0. The van der Waals surface area contributed by atoms with Crippen LogP contribution in [0.5, 0.6) is 0 Å². The summed E-state index contributed by atoms with van der Waals surface area (Å²) in [4.78, 5) is 11.4. The first kappa shape index (κ1) is 22.6. The van der Waals surface area contributed by atoms with Crippen molar-refractivity contribution in [3.8, 4) is 0 Å². The SMILES string of the molecule is COCC(C)NS(=O)(=O)c1ccc(NC(=O)[C@@](C)(O)C(F)(F)F)c(Cl)c1. The van der Waals surface area contributed by atoms with E-state index in [2.05, 4.69) is 4.72 Å². The summed E-state index contributed by atoms with van der Waals surface area (Å²) in [5, 5.41) is 10.8. The summed E-state index contributed by atoms with van der Waals surface area (Å²) in [6.45, 7) is 1.97. The number of amides is 1. The van der Waals surface area contributed by atoms with Gasteiger partial charge >= 0.3 is 6.18 Å². The Morgan fingerprint density at radius 3 is 2.42 bits per heavy atom. The number of hydrogen-bond donors (Lipinski definition) is 3. The number of carbonyl (C=O) groups is 1. The number of aliphatic hydroxyl groups is 1. The van der Waals surface area contributed by atoms with Crippen LogP contribution in [0.1, 0.15) is 13.8 Å². The first-order valence-corrected chi connectivity index (χ1v) is 9.00. The molecule has 0 aromatic heterocycles. The van der Waals surface area contributed by atoms with Crippen LogP contribution in [0.4, 0.5) is 18.9 Å². The second-order valence-corrected chi connectivity index (χ2v) is 7.76. The number of carbonyl (C=O) groups excluding carboxylic acids is 1. The highest BCUT2D eigenvalue weighted by Crippen LogP contribution is 2.32. The van der Waals surface area contributed by atoms with Crippen molar-refractivity contribution < 1.29 is 36.2 Å². The zero-order chi connectivity index (χ0) is 20.3. The van der Waals surface area contributed by atoms with Crippen LogP contribution in [0, 0.1) is 0 Å². The molecule has 0 fully saturated rings. The van der Waals surface area contributed by atoms with Gasteiger partial charge in [-0.25, -0.2) is 13.1 Å². The minimum absolute atomic E-state index is 0.119. The molecule has 0 aliphatic heterocycles. The second-order valence-electron chi connectivity index (χ2n) is 5.64. The average molecular weight is 419 g/mol. The molecule has 0 bridgehead atoms. The summed E-state index contributed by atoms with van der Waals surface area (Å²) in [5.74, 6) is -1.76. The Balaban J connectivity index is 3.03. The molecule has 1 amide bonds. The molecule has 1 aromatic rings. The van der Waals surface area contributed by atoms with Gasteiger partial charge in [-0.3, -0.25) is 4.79 Å². The van der Waals surface area contributed by atoms with E-state index in [1.54, 1.807) is 6.92 Å². The highest BCUT2D eigenvalue weighted by atomic mass is 35.5. The highest BCUT2D eigenvalue weighted by molar-refractivity contribution is 7.89. The van der Waals surface area contributed by atoms with E-state index in [1.807, 2.05) is 5.32 Å². The van der Waals surface area contributed by atoms with Crippen molar-refractivity contribution in [1.82, 2.24) is 4.72 Å². The standard InChI is InChI=1S/C14H18ClF3N2O5S/c1-8(7-25-3)20-26(23,24)9-4-5-11(10(15)6-9)19-12(21)13(2,22)14(16,17)18/h4-6,8,20,22H,7H2,1-3H3,(H,19,21)/t8?,13-/m1/s1. The van der Waals surface area contributed by atoms with Gasteiger partial charge in [-0.05, 0) is 32.0 Å². The third-order valence-corrected chi connectivity index (χ3v) is 5.17. The molecule has 0 spiro atoms. The van der Waals surface area contributed by atoms with E-state index in [4.69, 9.17) is 16.3 Å². The summed E-state index contributed by atoms with van der Waals surface area (Å²) in [7, 11) is -2.56. The summed E-state index contributed by atoms with van der Waals surface area (Å²) in [6.07, 6.45) is -5.20. The Labute approximate surface area is 153 Å². The first-order chi connectivity index (χ1) is 11.7. The van der Waals surface area contributed by atoms with E-state index in [1.165, 1.54) is 7.11 Å². The molecule has 1 unspecified atom stereocenters. The van der Waals surface area contributed by atoms with Crippen LogP contribution in [0.2, 0.25) is 5.02 Å². The monoisotopic (exact) mass is 418 g/mol. The van der Waals surface area contributed by atoms with Crippen molar-refractivity contribution in [3.63, 3.8) is 0 Å². The van der Waals surface area contributed by atoms with E-state index < -0.39 is 33.7 Å². The van der Waals surface area contributed by atoms with Gasteiger partial charge < -0.3 is 15.2 Å². The number of hydrogen-bond acceptors (Lipinski definition) is 5. The molecule has 1 rings (SSSR count). The molecule has 12 heteroatoms. The summed E-state index contributed by atoms with van der Waals surface area (Å²) < 4.78 is 69.5. The number of halogens is 4. The van der Waals surface area contributed by atoms with Gasteiger partial charge in [-0.1, -0.05) is 11.6 Å². The summed E-state index contributed by atoms with van der Waals surface area (Å²) in [6, 6.07) is 2.49.